The number of ether oxygens (including phenoxy) is 1. The average molecular weight is 250 g/mol. The highest BCUT2D eigenvalue weighted by Crippen LogP contribution is 2.13. The zero-order valence-corrected chi connectivity index (χ0v) is 10.3. The summed E-state index contributed by atoms with van der Waals surface area (Å²) in [5.41, 5.74) is 7.81. The van der Waals surface area contributed by atoms with Crippen molar-refractivity contribution in [1.29, 1.82) is 0 Å². The minimum Gasteiger partial charge on any atom is -0.489 e. The first-order chi connectivity index (χ1) is 7.88. The first-order valence-electron chi connectivity index (χ1n) is 5.34. The molecule has 0 aliphatic rings. The van der Waals surface area contributed by atoms with E-state index in [1.54, 1.807) is 0 Å². The average Bonchev–Trinajstić information content (AvgIpc) is 2.38. The van der Waals surface area contributed by atoms with Gasteiger partial charge in [-0.05, 0) is 23.3 Å². The Balaban J connectivity index is 0.00000144. The molecule has 0 amide bonds. The Bertz CT molecular complexity index is 428. The Morgan fingerprint density at radius 1 is 0.824 bits per heavy atom. The van der Waals surface area contributed by atoms with Gasteiger partial charge in [0.2, 0.25) is 0 Å². The molecule has 17 heavy (non-hydrogen) atoms. The molecule has 0 radical (unpaired) electrons. The highest BCUT2D eigenvalue weighted by Gasteiger charge is 1.95. The van der Waals surface area contributed by atoms with Crippen molar-refractivity contribution in [1.82, 2.24) is 0 Å². The molecule has 0 bridgehead atoms. The standard InChI is InChI=1S/C14H15NO.ClH/c15-10-12-6-8-14(9-7-12)16-11-13-4-2-1-3-5-13;/h1-9H,10-11,15H2;1H. The van der Waals surface area contributed by atoms with Crippen LogP contribution in [-0.4, -0.2) is 0 Å². The zero-order valence-electron chi connectivity index (χ0n) is 9.50. The van der Waals surface area contributed by atoms with Crippen molar-refractivity contribution >= 4 is 12.4 Å². The van der Waals surface area contributed by atoms with E-state index in [4.69, 9.17) is 10.5 Å². The van der Waals surface area contributed by atoms with Gasteiger partial charge in [-0.3, -0.25) is 0 Å². The molecule has 0 aromatic heterocycles. The lowest BCUT2D eigenvalue weighted by molar-refractivity contribution is 0.306. The molecule has 2 aromatic carbocycles. The second-order valence-corrected chi connectivity index (χ2v) is 3.62. The highest BCUT2D eigenvalue weighted by molar-refractivity contribution is 5.85. The predicted octanol–water partition coefficient (Wildman–Crippen LogP) is 3.15. The van der Waals surface area contributed by atoms with Gasteiger partial charge in [0, 0.05) is 6.54 Å². The molecule has 0 fully saturated rings. The molecule has 0 aliphatic heterocycles. The summed E-state index contributed by atoms with van der Waals surface area (Å²) >= 11 is 0. The van der Waals surface area contributed by atoms with Crippen LogP contribution in [0.4, 0.5) is 0 Å². The van der Waals surface area contributed by atoms with E-state index in [-0.39, 0.29) is 12.4 Å². The minimum absolute atomic E-state index is 0. The van der Waals surface area contributed by atoms with Crippen molar-refractivity contribution in [2.24, 2.45) is 5.73 Å². The fourth-order valence-corrected chi connectivity index (χ4v) is 1.46. The van der Waals surface area contributed by atoms with Crippen molar-refractivity contribution in [2.45, 2.75) is 13.2 Å². The first-order valence-corrected chi connectivity index (χ1v) is 5.34. The maximum Gasteiger partial charge on any atom is 0.119 e. The maximum absolute atomic E-state index is 5.65. The molecule has 0 aliphatic carbocycles. The van der Waals surface area contributed by atoms with E-state index >= 15 is 0 Å². The molecule has 0 saturated carbocycles. The number of nitrogens with two attached hydrogens (primary N) is 1. The van der Waals surface area contributed by atoms with Gasteiger partial charge in [-0.2, -0.15) is 0 Å². The predicted molar refractivity (Wildman–Crippen MR) is 72.4 cm³/mol. The van der Waals surface area contributed by atoms with E-state index in [0.717, 1.165) is 11.3 Å². The minimum atomic E-state index is 0. The third-order valence-corrected chi connectivity index (χ3v) is 2.41. The van der Waals surface area contributed by atoms with Gasteiger partial charge in [-0.1, -0.05) is 42.5 Å². The Labute approximate surface area is 108 Å². The summed E-state index contributed by atoms with van der Waals surface area (Å²) in [5.74, 6) is 0.876. The molecule has 0 unspecified atom stereocenters. The quantitative estimate of drug-likeness (QED) is 0.904. The normalized spacial score (nSPS) is 9.47. The maximum atomic E-state index is 5.65. The monoisotopic (exact) mass is 249 g/mol. The van der Waals surface area contributed by atoms with E-state index in [9.17, 15) is 0 Å². The molecule has 90 valence electrons. The third-order valence-electron chi connectivity index (χ3n) is 2.41. The van der Waals surface area contributed by atoms with Gasteiger partial charge >= 0.3 is 0 Å². The van der Waals surface area contributed by atoms with Gasteiger partial charge in [-0.25, -0.2) is 0 Å². The van der Waals surface area contributed by atoms with Crippen LogP contribution >= 0.6 is 12.4 Å². The lowest BCUT2D eigenvalue weighted by Gasteiger charge is -2.06. The molecule has 0 atom stereocenters. The molecule has 2 aromatic rings. The van der Waals surface area contributed by atoms with Crippen LogP contribution in [-0.2, 0) is 13.2 Å². The van der Waals surface area contributed by atoms with Gasteiger partial charge in [0.05, 0.1) is 0 Å². The molecule has 0 saturated heterocycles. The Morgan fingerprint density at radius 2 is 1.47 bits per heavy atom. The summed E-state index contributed by atoms with van der Waals surface area (Å²) in [6.07, 6.45) is 0. The van der Waals surface area contributed by atoms with Gasteiger partial charge in [0.25, 0.3) is 0 Å². The second kappa shape index (κ2) is 6.94. The summed E-state index contributed by atoms with van der Waals surface area (Å²) in [7, 11) is 0. The molecular weight excluding hydrogens is 234 g/mol. The molecule has 3 heteroatoms. The van der Waals surface area contributed by atoms with Crippen molar-refractivity contribution in [3.63, 3.8) is 0 Å². The van der Waals surface area contributed by atoms with Crippen LogP contribution in [0.15, 0.2) is 54.6 Å². The van der Waals surface area contributed by atoms with E-state index in [0.29, 0.717) is 13.2 Å². The summed E-state index contributed by atoms with van der Waals surface area (Å²) in [4.78, 5) is 0. The number of hydrogen-bond donors (Lipinski definition) is 1. The van der Waals surface area contributed by atoms with Crippen LogP contribution in [0.25, 0.3) is 0 Å². The fraction of sp³-hybridized carbons (Fsp3) is 0.143. The van der Waals surface area contributed by atoms with Crippen LogP contribution in [0.1, 0.15) is 11.1 Å². The second-order valence-electron chi connectivity index (χ2n) is 3.62. The largest absolute Gasteiger partial charge is 0.489 e. The third kappa shape index (κ3) is 4.10. The van der Waals surface area contributed by atoms with Gasteiger partial charge in [-0.15, -0.1) is 12.4 Å². The molecule has 2 nitrogen and oxygen atoms in total. The van der Waals surface area contributed by atoms with E-state index in [1.807, 2.05) is 54.6 Å². The smallest absolute Gasteiger partial charge is 0.119 e. The fourth-order valence-electron chi connectivity index (χ4n) is 1.46. The first kappa shape index (κ1) is 13.6. The SMILES string of the molecule is Cl.NCc1ccc(OCc2ccccc2)cc1. The lowest BCUT2D eigenvalue weighted by atomic mass is 10.2. The summed E-state index contributed by atoms with van der Waals surface area (Å²) < 4.78 is 5.65. The van der Waals surface area contributed by atoms with Crippen molar-refractivity contribution in [3.8, 4) is 5.75 Å². The van der Waals surface area contributed by atoms with Crippen LogP contribution in [0.3, 0.4) is 0 Å². The highest BCUT2D eigenvalue weighted by atomic mass is 35.5. The lowest BCUT2D eigenvalue weighted by Crippen LogP contribution is -1.97. The molecular formula is C14H16ClNO. The van der Waals surface area contributed by atoms with Gasteiger partial charge in [0.15, 0.2) is 0 Å². The van der Waals surface area contributed by atoms with E-state index < -0.39 is 0 Å². The van der Waals surface area contributed by atoms with Crippen molar-refractivity contribution in [2.75, 3.05) is 0 Å². The van der Waals surface area contributed by atoms with Crippen LogP contribution in [0, 0.1) is 0 Å². The Morgan fingerprint density at radius 3 is 2.06 bits per heavy atom. The number of halogens is 1. The Kier molecular flexibility index (Phi) is 5.53. The summed E-state index contributed by atoms with van der Waals surface area (Å²) in [5, 5.41) is 0. The number of benzene rings is 2. The molecule has 2 rings (SSSR count). The molecule has 2 N–H and O–H groups in total. The van der Waals surface area contributed by atoms with Gasteiger partial charge in [0.1, 0.15) is 12.4 Å². The van der Waals surface area contributed by atoms with E-state index in [2.05, 4.69) is 0 Å². The summed E-state index contributed by atoms with van der Waals surface area (Å²) in [6, 6.07) is 18.0. The number of hydrogen-bond acceptors (Lipinski definition) is 2. The molecule has 0 spiro atoms. The van der Waals surface area contributed by atoms with Crippen LogP contribution < -0.4 is 10.5 Å². The van der Waals surface area contributed by atoms with Crippen molar-refractivity contribution < 1.29 is 4.74 Å². The van der Waals surface area contributed by atoms with Crippen molar-refractivity contribution in [3.05, 3.63) is 65.7 Å². The number of rotatable bonds is 4. The van der Waals surface area contributed by atoms with E-state index in [1.165, 1.54) is 5.56 Å². The van der Waals surface area contributed by atoms with Crippen LogP contribution in [0.5, 0.6) is 5.75 Å². The zero-order chi connectivity index (χ0) is 11.2. The topological polar surface area (TPSA) is 35.2 Å². The molecule has 0 heterocycles. The van der Waals surface area contributed by atoms with Crippen LogP contribution in [0.2, 0.25) is 0 Å². The Hall–Kier alpha value is -1.51. The van der Waals surface area contributed by atoms with Gasteiger partial charge < -0.3 is 10.5 Å². The summed E-state index contributed by atoms with van der Waals surface area (Å²) in [6.45, 7) is 1.17.